The van der Waals surface area contributed by atoms with Crippen LogP contribution in [0, 0.1) is 0 Å². The first-order valence-corrected chi connectivity index (χ1v) is 5.74. The third-order valence-corrected chi connectivity index (χ3v) is 2.07. The molecule has 0 heterocycles. The number of hydrogen-bond donors (Lipinski definition) is 2. The fraction of sp³-hybridized carbons (Fsp3) is 0.909. The molecule has 0 aromatic heterocycles. The highest BCUT2D eigenvalue weighted by Gasteiger charge is 2.04. The lowest BCUT2D eigenvalue weighted by molar-refractivity contribution is -0.140. The van der Waals surface area contributed by atoms with Crippen LogP contribution in [0.4, 0.5) is 0 Å². The molecule has 2 N–H and O–H groups in total. The van der Waals surface area contributed by atoms with E-state index in [2.05, 4.69) is 17.0 Å². The maximum Gasteiger partial charge on any atom is 0.306 e. The Labute approximate surface area is 97.1 Å². The number of hydrogen-bond acceptors (Lipinski definition) is 5. The minimum absolute atomic E-state index is 0.249. The number of carbonyl (C=O) groups excluding carboxylic acids is 1. The molecule has 0 bridgehead atoms. The Morgan fingerprint density at radius 3 is 2.88 bits per heavy atom. The molecule has 0 aliphatic rings. The second-order valence-electron chi connectivity index (χ2n) is 3.61. The van der Waals surface area contributed by atoms with Crippen LogP contribution in [0.3, 0.4) is 0 Å². The fourth-order valence-electron chi connectivity index (χ4n) is 1.09. The van der Waals surface area contributed by atoms with Crippen LogP contribution in [0.1, 0.15) is 26.2 Å². The van der Waals surface area contributed by atoms with Gasteiger partial charge in [0.05, 0.1) is 26.2 Å². The van der Waals surface area contributed by atoms with Gasteiger partial charge in [-0.1, -0.05) is 13.3 Å². The molecule has 0 rings (SSSR count). The van der Waals surface area contributed by atoms with Crippen molar-refractivity contribution >= 4 is 5.97 Å². The van der Waals surface area contributed by atoms with Gasteiger partial charge in [-0.05, 0) is 6.42 Å². The molecule has 0 aliphatic carbocycles. The second-order valence-corrected chi connectivity index (χ2v) is 3.61. The number of nitrogens with one attached hydrogen (secondary N) is 1. The van der Waals surface area contributed by atoms with E-state index >= 15 is 0 Å². The third-order valence-electron chi connectivity index (χ3n) is 2.07. The van der Waals surface area contributed by atoms with Crippen molar-refractivity contribution in [3.63, 3.8) is 0 Å². The van der Waals surface area contributed by atoms with Crippen molar-refractivity contribution in [2.24, 2.45) is 0 Å². The van der Waals surface area contributed by atoms with E-state index < -0.39 is 6.10 Å². The Morgan fingerprint density at radius 1 is 1.50 bits per heavy atom. The minimum Gasteiger partial charge on any atom is -0.469 e. The van der Waals surface area contributed by atoms with Gasteiger partial charge in [-0.15, -0.1) is 0 Å². The van der Waals surface area contributed by atoms with Crippen LogP contribution in [0.15, 0.2) is 0 Å². The van der Waals surface area contributed by atoms with Crippen molar-refractivity contribution in [2.75, 3.05) is 33.4 Å². The van der Waals surface area contributed by atoms with E-state index in [1.165, 1.54) is 7.11 Å². The zero-order valence-electron chi connectivity index (χ0n) is 10.2. The number of rotatable bonds is 10. The van der Waals surface area contributed by atoms with Crippen molar-refractivity contribution < 1.29 is 19.4 Å². The average molecular weight is 233 g/mol. The highest BCUT2D eigenvalue weighted by atomic mass is 16.5. The standard InChI is InChI=1S/C11H23NO4/c1-3-4-7-16-9-10(13)8-12-6-5-11(14)15-2/h10,12-13H,3-9H2,1-2H3. The van der Waals surface area contributed by atoms with Gasteiger partial charge in [-0.2, -0.15) is 0 Å². The minimum atomic E-state index is -0.519. The van der Waals surface area contributed by atoms with Crippen molar-refractivity contribution in [1.29, 1.82) is 0 Å². The van der Waals surface area contributed by atoms with Gasteiger partial charge in [0.15, 0.2) is 0 Å². The second kappa shape index (κ2) is 10.9. The van der Waals surface area contributed by atoms with E-state index in [9.17, 15) is 9.90 Å². The first-order valence-electron chi connectivity index (χ1n) is 5.74. The molecule has 1 unspecified atom stereocenters. The number of ether oxygens (including phenoxy) is 2. The third kappa shape index (κ3) is 9.89. The number of methoxy groups -OCH3 is 1. The molecule has 0 spiro atoms. The Morgan fingerprint density at radius 2 is 2.25 bits per heavy atom. The Bertz CT molecular complexity index is 175. The molecule has 0 saturated carbocycles. The van der Waals surface area contributed by atoms with Gasteiger partial charge >= 0.3 is 5.97 Å². The Balaban J connectivity index is 3.23. The van der Waals surface area contributed by atoms with Crippen LogP contribution < -0.4 is 5.32 Å². The van der Waals surface area contributed by atoms with Gasteiger partial charge in [-0.25, -0.2) is 0 Å². The summed E-state index contributed by atoms with van der Waals surface area (Å²) in [4.78, 5) is 10.8. The molecular weight excluding hydrogens is 210 g/mol. The van der Waals surface area contributed by atoms with Crippen LogP contribution in [-0.4, -0.2) is 50.6 Å². The molecule has 0 aromatic rings. The molecule has 0 aromatic carbocycles. The van der Waals surface area contributed by atoms with Crippen LogP contribution >= 0.6 is 0 Å². The average Bonchev–Trinajstić information content (AvgIpc) is 2.30. The summed E-state index contributed by atoms with van der Waals surface area (Å²) in [5.74, 6) is -0.249. The van der Waals surface area contributed by atoms with Crippen molar-refractivity contribution in [3.05, 3.63) is 0 Å². The van der Waals surface area contributed by atoms with Crippen molar-refractivity contribution in [3.8, 4) is 0 Å². The Hall–Kier alpha value is -0.650. The molecule has 0 saturated heterocycles. The van der Waals surface area contributed by atoms with Crippen LogP contribution in [-0.2, 0) is 14.3 Å². The van der Waals surface area contributed by atoms with E-state index in [1.807, 2.05) is 0 Å². The molecule has 5 nitrogen and oxygen atoms in total. The molecule has 16 heavy (non-hydrogen) atoms. The highest BCUT2D eigenvalue weighted by molar-refractivity contribution is 5.69. The quantitative estimate of drug-likeness (QED) is 0.420. The lowest BCUT2D eigenvalue weighted by Gasteiger charge is -2.11. The van der Waals surface area contributed by atoms with Crippen LogP contribution in [0.5, 0.6) is 0 Å². The normalized spacial score (nSPS) is 12.4. The van der Waals surface area contributed by atoms with Crippen molar-refractivity contribution in [1.82, 2.24) is 5.32 Å². The van der Waals surface area contributed by atoms with Gasteiger partial charge in [-0.3, -0.25) is 4.79 Å². The van der Waals surface area contributed by atoms with Crippen LogP contribution in [0.25, 0.3) is 0 Å². The molecule has 96 valence electrons. The maximum atomic E-state index is 10.8. The predicted molar refractivity (Wildman–Crippen MR) is 61.2 cm³/mol. The first-order chi connectivity index (χ1) is 7.70. The smallest absolute Gasteiger partial charge is 0.306 e. The van der Waals surface area contributed by atoms with E-state index in [-0.39, 0.29) is 5.97 Å². The Kier molecular flexibility index (Phi) is 10.4. The van der Waals surface area contributed by atoms with Crippen LogP contribution in [0.2, 0.25) is 0 Å². The summed E-state index contributed by atoms with van der Waals surface area (Å²) in [5, 5.41) is 12.4. The molecule has 0 aliphatic heterocycles. The summed E-state index contributed by atoms with van der Waals surface area (Å²) < 4.78 is 9.74. The monoisotopic (exact) mass is 233 g/mol. The van der Waals surface area contributed by atoms with Gasteiger partial charge in [0.1, 0.15) is 0 Å². The molecule has 0 fully saturated rings. The number of esters is 1. The van der Waals surface area contributed by atoms with E-state index in [4.69, 9.17) is 4.74 Å². The number of aliphatic hydroxyl groups is 1. The maximum absolute atomic E-state index is 10.8. The summed E-state index contributed by atoms with van der Waals surface area (Å²) in [6, 6.07) is 0. The largest absolute Gasteiger partial charge is 0.469 e. The topological polar surface area (TPSA) is 67.8 Å². The van der Waals surface area contributed by atoms with Gasteiger partial charge in [0.25, 0.3) is 0 Å². The lowest BCUT2D eigenvalue weighted by Crippen LogP contribution is -2.32. The number of aliphatic hydroxyl groups excluding tert-OH is 1. The fourth-order valence-corrected chi connectivity index (χ4v) is 1.09. The van der Waals surface area contributed by atoms with E-state index in [1.54, 1.807) is 0 Å². The molecule has 0 amide bonds. The SMILES string of the molecule is CCCCOCC(O)CNCCC(=O)OC. The zero-order valence-corrected chi connectivity index (χ0v) is 10.2. The van der Waals surface area contributed by atoms with Gasteiger partial charge in [0, 0.05) is 19.7 Å². The van der Waals surface area contributed by atoms with Gasteiger partial charge in [0.2, 0.25) is 0 Å². The molecule has 1 atom stereocenters. The summed E-state index contributed by atoms with van der Waals surface area (Å²) in [6.45, 7) is 4.07. The lowest BCUT2D eigenvalue weighted by atomic mass is 10.3. The van der Waals surface area contributed by atoms with Gasteiger partial charge < -0.3 is 19.9 Å². The predicted octanol–water partition coefficient (Wildman–Crippen LogP) is 0.317. The van der Waals surface area contributed by atoms with E-state index in [0.717, 1.165) is 12.8 Å². The molecule has 0 radical (unpaired) electrons. The first kappa shape index (κ1) is 15.3. The molecule has 5 heteroatoms. The van der Waals surface area contributed by atoms with Crippen molar-refractivity contribution in [2.45, 2.75) is 32.3 Å². The highest BCUT2D eigenvalue weighted by Crippen LogP contribution is 1.90. The summed E-state index contributed by atoms with van der Waals surface area (Å²) >= 11 is 0. The summed E-state index contributed by atoms with van der Waals surface area (Å²) in [7, 11) is 1.36. The number of carbonyl (C=O) groups is 1. The van der Waals surface area contributed by atoms with E-state index in [0.29, 0.717) is 32.7 Å². The number of unbranched alkanes of at least 4 members (excludes halogenated alkanes) is 1. The zero-order chi connectivity index (χ0) is 12.2. The summed E-state index contributed by atoms with van der Waals surface area (Å²) in [5.41, 5.74) is 0. The summed E-state index contributed by atoms with van der Waals surface area (Å²) in [6.07, 6.45) is 1.91. The molecular formula is C11H23NO4.